The lowest BCUT2D eigenvalue weighted by molar-refractivity contribution is 0.668. The normalized spacial score (nSPS) is 12.1. The van der Waals surface area contributed by atoms with Crippen molar-refractivity contribution in [1.29, 1.82) is 0 Å². The number of rotatable bonds is 5. The summed E-state index contributed by atoms with van der Waals surface area (Å²) >= 11 is 0. The van der Waals surface area contributed by atoms with Crippen molar-refractivity contribution < 1.29 is 8.83 Å². The molecule has 0 spiro atoms. The molecule has 0 aliphatic rings. The van der Waals surface area contributed by atoms with Crippen LogP contribution in [0.4, 0.5) is 0 Å². The Morgan fingerprint density at radius 3 is 1.66 bits per heavy atom. The van der Waals surface area contributed by atoms with Gasteiger partial charge in [0.2, 0.25) is 0 Å². The fourth-order valence-corrected chi connectivity index (χ4v) is 10.7. The largest absolute Gasteiger partial charge is 0.456 e. The Kier molecular flexibility index (Phi) is 7.65. The molecule has 15 aromatic rings. The van der Waals surface area contributed by atoms with E-state index in [0.717, 1.165) is 99.2 Å². The molecule has 5 heterocycles. The molecule has 0 aliphatic carbocycles. The van der Waals surface area contributed by atoms with Gasteiger partial charge in [-0.25, -0.2) is 15.0 Å². The summed E-state index contributed by atoms with van der Waals surface area (Å²) in [4.78, 5) is 16.0. The van der Waals surface area contributed by atoms with Crippen LogP contribution in [0.25, 0.3) is 144 Å². The zero-order valence-corrected chi connectivity index (χ0v) is 36.3. The number of hydrogen-bond donors (Lipinski definition) is 0. The SMILES string of the molecule is c1ccc(-n2c3ccccc3c3cc(-c4nc(-c5ccc6c(c5)oc5ccccc56)nc(-c5ccc(-n6c7ccccc7c7cc8ccccc8cc76)c6c5oc5ccccc56)n4)ccc32)cc1. The van der Waals surface area contributed by atoms with Crippen LogP contribution in [-0.4, -0.2) is 24.1 Å². The van der Waals surface area contributed by atoms with Crippen LogP contribution in [0.3, 0.4) is 0 Å². The lowest BCUT2D eigenvalue weighted by atomic mass is 10.0. The number of benzene rings is 10. The van der Waals surface area contributed by atoms with Gasteiger partial charge in [0, 0.05) is 54.5 Å². The fourth-order valence-electron chi connectivity index (χ4n) is 10.7. The molecule has 0 atom stereocenters. The molecular formula is C61H35N5O2. The predicted molar refractivity (Wildman–Crippen MR) is 277 cm³/mol. The summed E-state index contributed by atoms with van der Waals surface area (Å²) in [5.41, 5.74) is 12.1. The number of aromatic nitrogens is 5. The Morgan fingerprint density at radius 1 is 0.324 bits per heavy atom. The maximum Gasteiger partial charge on any atom is 0.167 e. The Bertz CT molecular complexity index is 4570. The van der Waals surface area contributed by atoms with Crippen LogP contribution in [0.5, 0.6) is 0 Å². The molecule has 0 saturated heterocycles. The lowest BCUT2D eigenvalue weighted by Crippen LogP contribution is -2.01. The standard InChI is InChI=1S/C61H35N5O2/c1-2-16-40(17-3-1)65-49-22-10-6-18-41(49)47-33-38(27-30-51(47)65)59-62-60(39-26-28-44-43-20-8-12-24-54(43)67-56(44)35-39)64-61(63-59)46-29-31-52(57-45-21-9-13-25-55(45)68-58(46)57)66-50-23-11-7-19-42(50)48-32-36-14-4-5-15-37(36)34-53(48)66/h1-35H. The third-order valence-electron chi connectivity index (χ3n) is 13.7. The smallest absolute Gasteiger partial charge is 0.167 e. The number of nitrogens with zero attached hydrogens (tertiary/aromatic N) is 5. The van der Waals surface area contributed by atoms with Gasteiger partial charge in [-0.05, 0) is 102 Å². The van der Waals surface area contributed by atoms with Crippen LogP contribution in [0.1, 0.15) is 0 Å². The van der Waals surface area contributed by atoms with Crippen molar-refractivity contribution in [3.05, 3.63) is 212 Å². The molecule has 0 bridgehead atoms. The van der Waals surface area contributed by atoms with Crippen molar-refractivity contribution in [1.82, 2.24) is 24.1 Å². The number of fused-ring (bicyclic) bond motifs is 13. The van der Waals surface area contributed by atoms with Crippen molar-refractivity contribution in [3.63, 3.8) is 0 Å². The van der Waals surface area contributed by atoms with Gasteiger partial charge in [0.25, 0.3) is 0 Å². The zero-order chi connectivity index (χ0) is 44.5. The van der Waals surface area contributed by atoms with Gasteiger partial charge in [-0.15, -0.1) is 0 Å². The highest BCUT2D eigenvalue weighted by Gasteiger charge is 2.24. The van der Waals surface area contributed by atoms with E-state index >= 15 is 0 Å². The maximum atomic E-state index is 6.97. The summed E-state index contributed by atoms with van der Waals surface area (Å²) in [6, 6.07) is 74.4. The number of furan rings is 2. The van der Waals surface area contributed by atoms with Crippen molar-refractivity contribution in [3.8, 4) is 45.5 Å². The van der Waals surface area contributed by atoms with E-state index in [1.165, 1.54) is 21.5 Å². The molecule has 316 valence electrons. The molecule has 7 heteroatoms. The van der Waals surface area contributed by atoms with Gasteiger partial charge in [-0.3, -0.25) is 0 Å². The van der Waals surface area contributed by atoms with Gasteiger partial charge in [0.15, 0.2) is 17.5 Å². The van der Waals surface area contributed by atoms with E-state index in [-0.39, 0.29) is 0 Å². The molecule has 0 fully saturated rings. The van der Waals surface area contributed by atoms with Gasteiger partial charge in [-0.1, -0.05) is 121 Å². The minimum absolute atomic E-state index is 0.505. The first-order valence-corrected chi connectivity index (χ1v) is 22.8. The second-order valence-corrected chi connectivity index (χ2v) is 17.5. The fraction of sp³-hybridized carbons (Fsp3) is 0. The van der Waals surface area contributed by atoms with E-state index in [2.05, 4.69) is 185 Å². The quantitative estimate of drug-likeness (QED) is 0.172. The molecule has 5 aromatic heterocycles. The topological polar surface area (TPSA) is 74.8 Å². The predicted octanol–water partition coefficient (Wildman–Crippen LogP) is 16.0. The van der Waals surface area contributed by atoms with Gasteiger partial charge in [-0.2, -0.15) is 0 Å². The van der Waals surface area contributed by atoms with Crippen LogP contribution in [0.15, 0.2) is 221 Å². The highest BCUT2D eigenvalue weighted by atomic mass is 16.3. The average molecular weight is 870 g/mol. The monoisotopic (exact) mass is 869 g/mol. The van der Waals surface area contributed by atoms with Crippen LogP contribution in [0, 0.1) is 0 Å². The molecule has 7 nitrogen and oxygen atoms in total. The van der Waals surface area contributed by atoms with E-state index in [4.69, 9.17) is 23.8 Å². The zero-order valence-electron chi connectivity index (χ0n) is 36.3. The first-order valence-electron chi connectivity index (χ1n) is 22.8. The van der Waals surface area contributed by atoms with Crippen molar-refractivity contribution >= 4 is 98.3 Å². The maximum absolute atomic E-state index is 6.97. The Morgan fingerprint density at radius 2 is 0.882 bits per heavy atom. The lowest BCUT2D eigenvalue weighted by Gasteiger charge is -2.13. The molecule has 0 N–H and O–H groups in total. The Labute approximate surface area is 387 Å². The van der Waals surface area contributed by atoms with Crippen LogP contribution < -0.4 is 0 Å². The summed E-state index contributed by atoms with van der Waals surface area (Å²) in [5, 5.41) is 11.1. The van der Waals surface area contributed by atoms with Gasteiger partial charge >= 0.3 is 0 Å². The van der Waals surface area contributed by atoms with Crippen molar-refractivity contribution in [2.45, 2.75) is 0 Å². The molecule has 0 radical (unpaired) electrons. The molecule has 0 saturated carbocycles. The summed E-state index contributed by atoms with van der Waals surface area (Å²) in [6.07, 6.45) is 0. The minimum atomic E-state index is 0.505. The van der Waals surface area contributed by atoms with E-state index in [9.17, 15) is 0 Å². The first-order chi connectivity index (χ1) is 33.7. The highest BCUT2D eigenvalue weighted by molar-refractivity contribution is 6.18. The van der Waals surface area contributed by atoms with E-state index in [0.29, 0.717) is 23.1 Å². The summed E-state index contributed by atoms with van der Waals surface area (Å²) < 4.78 is 18.1. The molecule has 0 amide bonds. The van der Waals surface area contributed by atoms with E-state index < -0.39 is 0 Å². The molecular weight excluding hydrogens is 835 g/mol. The van der Waals surface area contributed by atoms with Crippen molar-refractivity contribution in [2.75, 3.05) is 0 Å². The third-order valence-corrected chi connectivity index (χ3v) is 13.7. The van der Waals surface area contributed by atoms with Crippen molar-refractivity contribution in [2.24, 2.45) is 0 Å². The molecule has 68 heavy (non-hydrogen) atoms. The Balaban J connectivity index is 0.992. The van der Waals surface area contributed by atoms with Crippen LogP contribution in [-0.2, 0) is 0 Å². The van der Waals surface area contributed by atoms with Gasteiger partial charge in [0.05, 0.1) is 38.7 Å². The first kappa shape index (κ1) is 36.9. The van der Waals surface area contributed by atoms with Gasteiger partial charge < -0.3 is 18.0 Å². The Hall–Kier alpha value is -9.33. The number of para-hydroxylation sites is 5. The average Bonchev–Trinajstić information content (AvgIpc) is 4.15. The molecule has 0 unspecified atom stereocenters. The summed E-state index contributed by atoms with van der Waals surface area (Å²) in [5.74, 6) is 1.59. The highest BCUT2D eigenvalue weighted by Crippen LogP contribution is 2.44. The van der Waals surface area contributed by atoms with E-state index in [1.807, 2.05) is 36.4 Å². The second-order valence-electron chi connectivity index (χ2n) is 17.5. The number of hydrogen-bond acceptors (Lipinski definition) is 5. The molecule has 0 aliphatic heterocycles. The van der Waals surface area contributed by atoms with E-state index in [1.54, 1.807) is 0 Å². The third kappa shape index (κ3) is 5.38. The second kappa shape index (κ2) is 14.1. The molecule has 10 aromatic carbocycles. The molecule has 15 rings (SSSR count). The van der Waals surface area contributed by atoms with Crippen LogP contribution >= 0.6 is 0 Å². The summed E-state index contributed by atoms with van der Waals surface area (Å²) in [6.45, 7) is 0. The minimum Gasteiger partial charge on any atom is -0.456 e. The summed E-state index contributed by atoms with van der Waals surface area (Å²) in [7, 11) is 0. The van der Waals surface area contributed by atoms with Gasteiger partial charge in [0.1, 0.15) is 22.3 Å². The van der Waals surface area contributed by atoms with Crippen LogP contribution in [0.2, 0.25) is 0 Å².